The summed E-state index contributed by atoms with van der Waals surface area (Å²) in [5.41, 5.74) is 3.40. The van der Waals surface area contributed by atoms with Crippen molar-refractivity contribution in [3.63, 3.8) is 0 Å². The normalized spacial score (nSPS) is 13.3. The van der Waals surface area contributed by atoms with E-state index in [1.165, 1.54) is 0 Å². The fraction of sp³-hybridized carbons (Fsp3) is 0.474. The molecule has 1 amide bonds. The topological polar surface area (TPSA) is 91.5 Å². The number of rotatable bonds is 8. The van der Waals surface area contributed by atoms with E-state index in [-0.39, 0.29) is 5.91 Å². The number of carbonyl (C=O) groups excluding carboxylic acids is 1. The van der Waals surface area contributed by atoms with Gasteiger partial charge < -0.3 is 25.0 Å². The largest absolute Gasteiger partial charge is 0.493 e. The second-order valence-corrected chi connectivity index (χ2v) is 6.78. The lowest BCUT2D eigenvalue weighted by Gasteiger charge is -2.15. The summed E-state index contributed by atoms with van der Waals surface area (Å²) in [6, 6.07) is 5.68. The molecule has 0 bridgehead atoms. The molecule has 1 aliphatic heterocycles. The summed E-state index contributed by atoms with van der Waals surface area (Å²) in [4.78, 5) is 14.6. The number of hydrogen-bond acceptors (Lipinski definition) is 6. The first-order valence-corrected chi connectivity index (χ1v) is 9.08. The molecule has 1 aromatic carbocycles. The number of benzene rings is 1. The molecule has 2 heterocycles. The van der Waals surface area contributed by atoms with Crippen LogP contribution < -0.4 is 20.1 Å². The molecule has 0 atom stereocenters. The molecule has 0 aliphatic carbocycles. The summed E-state index contributed by atoms with van der Waals surface area (Å²) in [7, 11) is 5.61. The fourth-order valence-electron chi connectivity index (χ4n) is 2.96. The van der Waals surface area contributed by atoms with E-state index in [1.807, 2.05) is 32.3 Å². The minimum absolute atomic E-state index is 0.179. The van der Waals surface area contributed by atoms with E-state index in [0.717, 1.165) is 36.3 Å². The lowest BCUT2D eigenvalue weighted by Crippen LogP contribution is -2.28. The van der Waals surface area contributed by atoms with Gasteiger partial charge in [0.2, 0.25) is 0 Å². The molecule has 8 heteroatoms. The molecule has 0 spiro atoms. The van der Waals surface area contributed by atoms with Gasteiger partial charge in [-0.2, -0.15) is 5.10 Å². The van der Waals surface area contributed by atoms with Gasteiger partial charge in [0, 0.05) is 43.9 Å². The van der Waals surface area contributed by atoms with Crippen molar-refractivity contribution in [3.05, 3.63) is 40.7 Å². The predicted molar refractivity (Wildman–Crippen MR) is 102 cm³/mol. The molecule has 2 aromatic rings. The van der Waals surface area contributed by atoms with Crippen LogP contribution in [0.1, 0.15) is 27.3 Å². The molecule has 0 fully saturated rings. The number of hydrogen-bond donors (Lipinski definition) is 3. The zero-order valence-corrected chi connectivity index (χ0v) is 16.1. The van der Waals surface area contributed by atoms with E-state index in [2.05, 4.69) is 25.7 Å². The average molecular weight is 373 g/mol. The number of H-pyrrole nitrogens is 1. The maximum absolute atomic E-state index is 12.5. The van der Waals surface area contributed by atoms with Crippen LogP contribution in [-0.2, 0) is 19.5 Å². The molecule has 8 nitrogen and oxygen atoms in total. The molecule has 0 unspecified atom stereocenters. The summed E-state index contributed by atoms with van der Waals surface area (Å²) < 4.78 is 11.2. The van der Waals surface area contributed by atoms with Gasteiger partial charge >= 0.3 is 0 Å². The van der Waals surface area contributed by atoms with Gasteiger partial charge in [-0.15, -0.1) is 0 Å². The molecule has 1 aliphatic rings. The van der Waals surface area contributed by atoms with Crippen LogP contribution >= 0.6 is 0 Å². The molecule has 1 aromatic heterocycles. The first-order chi connectivity index (χ1) is 13.1. The van der Waals surface area contributed by atoms with Crippen molar-refractivity contribution in [1.29, 1.82) is 0 Å². The molecule has 146 valence electrons. The molecule has 0 radical (unpaired) electrons. The Morgan fingerprint density at radius 1 is 1.33 bits per heavy atom. The summed E-state index contributed by atoms with van der Waals surface area (Å²) >= 11 is 0. The van der Waals surface area contributed by atoms with Crippen molar-refractivity contribution >= 4 is 5.91 Å². The third-order valence-corrected chi connectivity index (χ3v) is 4.50. The number of methoxy groups -OCH3 is 1. The van der Waals surface area contributed by atoms with Crippen LogP contribution in [0.2, 0.25) is 0 Å². The Morgan fingerprint density at radius 2 is 2.19 bits per heavy atom. The smallest absolute Gasteiger partial charge is 0.272 e. The molecule has 3 rings (SSSR count). The van der Waals surface area contributed by atoms with Crippen LogP contribution in [-0.4, -0.2) is 61.9 Å². The van der Waals surface area contributed by atoms with Crippen LogP contribution in [0.5, 0.6) is 11.5 Å². The van der Waals surface area contributed by atoms with Gasteiger partial charge in [0.15, 0.2) is 17.2 Å². The van der Waals surface area contributed by atoms with E-state index < -0.39 is 0 Å². The number of aromatic nitrogens is 2. The van der Waals surface area contributed by atoms with Gasteiger partial charge in [-0.1, -0.05) is 6.07 Å². The summed E-state index contributed by atoms with van der Waals surface area (Å²) in [5, 5.41) is 13.3. The molecular formula is C19H27N5O3. The number of carbonyl (C=O) groups is 1. The standard InChI is InChI=1S/C19H27N5O3/c1-24(2)8-9-27-16-5-4-13(10-17(16)26-3)11-21-19(25)18-14-12-20-7-6-15(14)22-23-18/h4-5,10,20H,6-9,11-12H2,1-3H3,(H,21,25)(H,22,23). The Labute approximate surface area is 159 Å². The zero-order chi connectivity index (χ0) is 19.2. The summed E-state index contributed by atoms with van der Waals surface area (Å²) in [6.45, 7) is 3.37. The van der Waals surface area contributed by atoms with Gasteiger partial charge in [-0.3, -0.25) is 9.89 Å². The van der Waals surface area contributed by atoms with Crippen molar-refractivity contribution in [2.45, 2.75) is 19.5 Å². The van der Waals surface area contributed by atoms with Gasteiger partial charge in [-0.05, 0) is 31.8 Å². The monoisotopic (exact) mass is 373 g/mol. The minimum Gasteiger partial charge on any atom is -0.493 e. The van der Waals surface area contributed by atoms with Crippen LogP contribution in [0.3, 0.4) is 0 Å². The van der Waals surface area contributed by atoms with E-state index in [0.29, 0.717) is 36.9 Å². The van der Waals surface area contributed by atoms with Gasteiger partial charge in [-0.25, -0.2) is 0 Å². The van der Waals surface area contributed by atoms with Crippen molar-refractivity contribution in [3.8, 4) is 11.5 Å². The highest BCUT2D eigenvalue weighted by molar-refractivity contribution is 5.94. The highest BCUT2D eigenvalue weighted by Crippen LogP contribution is 2.28. The quantitative estimate of drug-likeness (QED) is 0.638. The van der Waals surface area contributed by atoms with Crippen LogP contribution in [0.15, 0.2) is 18.2 Å². The third kappa shape index (κ3) is 4.78. The minimum atomic E-state index is -0.179. The van der Waals surface area contributed by atoms with Crippen LogP contribution in [0.4, 0.5) is 0 Å². The summed E-state index contributed by atoms with van der Waals surface area (Å²) in [5.74, 6) is 1.17. The molecule has 0 saturated carbocycles. The van der Waals surface area contributed by atoms with E-state index in [9.17, 15) is 4.79 Å². The van der Waals surface area contributed by atoms with Crippen LogP contribution in [0.25, 0.3) is 0 Å². The number of likely N-dealkylation sites (N-methyl/N-ethyl adjacent to an activating group) is 1. The number of nitrogens with one attached hydrogen (secondary N) is 3. The molecule has 27 heavy (non-hydrogen) atoms. The Morgan fingerprint density at radius 3 is 2.96 bits per heavy atom. The van der Waals surface area contributed by atoms with Crippen molar-refractivity contribution in [1.82, 2.24) is 25.7 Å². The highest BCUT2D eigenvalue weighted by Gasteiger charge is 2.21. The number of aromatic amines is 1. The van der Waals surface area contributed by atoms with E-state index in [4.69, 9.17) is 9.47 Å². The van der Waals surface area contributed by atoms with E-state index >= 15 is 0 Å². The Balaban J connectivity index is 1.60. The van der Waals surface area contributed by atoms with Crippen molar-refractivity contribution in [2.24, 2.45) is 0 Å². The Hall–Kier alpha value is -2.58. The van der Waals surface area contributed by atoms with Gasteiger partial charge in [0.1, 0.15) is 6.61 Å². The lowest BCUT2D eigenvalue weighted by molar-refractivity contribution is 0.0944. The maximum atomic E-state index is 12.5. The Kier molecular flexibility index (Phi) is 6.31. The maximum Gasteiger partial charge on any atom is 0.272 e. The summed E-state index contributed by atoms with van der Waals surface area (Å²) in [6.07, 6.45) is 0.863. The van der Waals surface area contributed by atoms with Crippen molar-refractivity contribution in [2.75, 3.05) is 40.9 Å². The molecule has 0 saturated heterocycles. The third-order valence-electron chi connectivity index (χ3n) is 4.50. The average Bonchev–Trinajstić information content (AvgIpc) is 3.10. The first-order valence-electron chi connectivity index (χ1n) is 9.08. The van der Waals surface area contributed by atoms with Crippen LogP contribution in [0, 0.1) is 0 Å². The first kappa shape index (κ1) is 19.2. The second kappa shape index (κ2) is 8.88. The molecular weight excluding hydrogens is 346 g/mol. The number of fused-ring (bicyclic) bond motifs is 1. The molecule has 3 N–H and O–H groups in total. The number of nitrogens with zero attached hydrogens (tertiary/aromatic N) is 2. The van der Waals surface area contributed by atoms with E-state index in [1.54, 1.807) is 7.11 Å². The van der Waals surface area contributed by atoms with Gasteiger partial charge in [0.25, 0.3) is 5.91 Å². The van der Waals surface area contributed by atoms with Crippen molar-refractivity contribution < 1.29 is 14.3 Å². The highest BCUT2D eigenvalue weighted by atomic mass is 16.5. The second-order valence-electron chi connectivity index (χ2n) is 6.78. The number of amides is 1. The fourth-order valence-corrected chi connectivity index (χ4v) is 2.96. The SMILES string of the molecule is COc1cc(CNC(=O)c2n[nH]c3c2CNCC3)ccc1OCCN(C)C. The zero-order valence-electron chi connectivity index (χ0n) is 16.1. The Bertz CT molecular complexity index is 788. The number of ether oxygens (including phenoxy) is 2. The lowest BCUT2D eigenvalue weighted by atomic mass is 10.1. The van der Waals surface area contributed by atoms with Gasteiger partial charge in [0.05, 0.1) is 7.11 Å². The predicted octanol–water partition coefficient (Wildman–Crippen LogP) is 0.934.